The van der Waals surface area contributed by atoms with E-state index in [9.17, 15) is 0 Å². The van der Waals surface area contributed by atoms with Crippen LogP contribution in [0.1, 0.15) is 62.2 Å². The Kier molecular flexibility index (Phi) is 5.45. The van der Waals surface area contributed by atoms with Crippen molar-refractivity contribution in [2.75, 3.05) is 0 Å². The highest BCUT2D eigenvalue weighted by Gasteiger charge is 2.56. The number of rotatable bonds is 3. The molecular weight excluding hydrogens is 560 g/mol. The van der Waals surface area contributed by atoms with Crippen molar-refractivity contribution in [1.82, 2.24) is 4.48 Å². The Hall–Kier alpha value is -1.22. The maximum atomic E-state index is 16.2. The summed E-state index contributed by atoms with van der Waals surface area (Å²) < 4.78 is 37.1. The van der Waals surface area contributed by atoms with E-state index < -0.39 is 6.97 Å². The van der Waals surface area contributed by atoms with Crippen molar-refractivity contribution in [3.05, 3.63) is 71.2 Å². The van der Waals surface area contributed by atoms with Crippen molar-refractivity contribution in [2.45, 2.75) is 54.4 Å². The van der Waals surface area contributed by atoms with Gasteiger partial charge in [-0.3, -0.25) is 0 Å². The summed E-state index contributed by atoms with van der Waals surface area (Å²) in [6.07, 6.45) is 1.47. The minimum Gasteiger partial charge on any atom is -0.393 e. The topological polar surface area (TPSA) is 7.94 Å². The molecule has 0 fully saturated rings. The molecule has 0 aliphatic carbocycles. The second kappa shape index (κ2) is 7.43. The summed E-state index contributed by atoms with van der Waals surface area (Å²) in [5, 5.41) is 0. The molecule has 4 rings (SSSR count). The molecule has 2 aliphatic rings. The van der Waals surface area contributed by atoms with Gasteiger partial charge in [-0.1, -0.05) is 29.8 Å². The van der Waals surface area contributed by atoms with Gasteiger partial charge in [0.25, 0.3) is 0 Å². The van der Waals surface area contributed by atoms with E-state index >= 15 is 8.63 Å². The lowest BCUT2D eigenvalue weighted by Crippen LogP contribution is -2.51. The Morgan fingerprint density at radius 1 is 1.10 bits per heavy atom. The lowest BCUT2D eigenvalue weighted by molar-refractivity contribution is -0.363. The molecule has 1 aromatic carbocycles. The fourth-order valence-electron chi connectivity index (χ4n) is 5.42. The molecule has 0 saturated heterocycles. The van der Waals surface area contributed by atoms with E-state index in [-0.39, 0.29) is 0 Å². The Morgan fingerprint density at radius 2 is 1.77 bits per heavy atom. The first-order valence-electron chi connectivity index (χ1n) is 10.3. The van der Waals surface area contributed by atoms with Gasteiger partial charge < -0.3 is 17.6 Å². The van der Waals surface area contributed by atoms with Gasteiger partial charge in [-0.15, -0.1) is 0 Å². The molecule has 0 bridgehead atoms. The minimum absolute atomic E-state index is 0.660. The van der Waals surface area contributed by atoms with Crippen LogP contribution in [0.2, 0.25) is 0 Å². The first-order chi connectivity index (χ1) is 14.1. The number of hydrogen-bond acceptors (Lipinski definition) is 0. The highest BCUT2D eigenvalue weighted by molar-refractivity contribution is 14.1. The highest BCUT2D eigenvalue weighted by atomic mass is 127. The molecule has 0 radical (unpaired) electrons. The van der Waals surface area contributed by atoms with Crippen LogP contribution >= 0.6 is 38.5 Å². The van der Waals surface area contributed by atoms with E-state index in [2.05, 4.69) is 44.6 Å². The third kappa shape index (κ3) is 2.80. The Bertz CT molecular complexity index is 1200. The fourth-order valence-corrected chi connectivity index (χ4v) is 6.36. The van der Waals surface area contributed by atoms with Gasteiger partial charge in [-0.05, 0) is 91.2 Å². The van der Waals surface area contributed by atoms with Crippen molar-refractivity contribution in [3.63, 3.8) is 0 Å². The average Bonchev–Trinajstić information content (AvgIpc) is 3.09. The lowest BCUT2D eigenvalue weighted by Gasteiger charge is -2.34. The molecule has 3 heterocycles. The van der Waals surface area contributed by atoms with Crippen LogP contribution in [0.5, 0.6) is 0 Å². The summed E-state index contributed by atoms with van der Waals surface area (Å²) in [5.74, 6) is 0. The standard InChI is InChI=1S/C23H25BBrF2IN2/c1-7-17-12(3)22-21(19-11-16(28)9-10-20(19)25)23-13(4)18(8-2)15(6)30(23)24(26,27)29(22)14(17)5/h9-11H,7-8H2,1-6H3. The predicted molar refractivity (Wildman–Crippen MR) is 133 cm³/mol. The third-order valence-electron chi connectivity index (χ3n) is 6.69. The molecule has 1 aromatic heterocycles. The quantitative estimate of drug-likeness (QED) is 0.265. The fraction of sp³-hybridized carbons (Fsp3) is 0.348. The van der Waals surface area contributed by atoms with Gasteiger partial charge in [0.1, 0.15) is 5.71 Å². The zero-order chi connectivity index (χ0) is 22.1. The number of nitrogens with zero attached hydrogens (tertiary/aromatic N) is 2. The number of allylic oxidation sites excluding steroid dienone is 2. The maximum absolute atomic E-state index is 16.2. The smallest absolute Gasteiger partial charge is 0.393 e. The van der Waals surface area contributed by atoms with E-state index in [1.807, 2.05) is 53.7 Å². The average molecular weight is 585 g/mol. The number of hydrogen-bond donors (Lipinski definition) is 0. The van der Waals surface area contributed by atoms with Crippen LogP contribution in [-0.4, -0.2) is 21.6 Å². The number of aromatic nitrogens is 1. The molecule has 0 amide bonds. The Balaban J connectivity index is 2.27. The summed E-state index contributed by atoms with van der Waals surface area (Å²) in [6, 6.07) is 6.12. The second-order valence-corrected chi connectivity index (χ2v) is 10.2. The summed E-state index contributed by atoms with van der Waals surface area (Å²) in [7, 11) is 0. The molecule has 0 unspecified atom stereocenters. The molecule has 158 valence electrons. The van der Waals surface area contributed by atoms with Crippen LogP contribution < -0.4 is 0 Å². The van der Waals surface area contributed by atoms with Gasteiger partial charge in [-0.2, -0.15) is 0 Å². The van der Waals surface area contributed by atoms with Gasteiger partial charge in [0.05, 0.1) is 5.57 Å². The van der Waals surface area contributed by atoms with E-state index in [4.69, 9.17) is 0 Å². The van der Waals surface area contributed by atoms with Gasteiger partial charge in [-0.25, -0.2) is 0 Å². The third-order valence-corrected chi connectivity index (χ3v) is 8.06. The molecule has 2 aromatic rings. The summed E-state index contributed by atoms with van der Waals surface area (Å²) in [5.41, 5.74) is 8.47. The van der Waals surface area contributed by atoms with Crippen LogP contribution in [0, 0.1) is 17.4 Å². The van der Waals surface area contributed by atoms with Crippen molar-refractivity contribution >= 4 is 56.8 Å². The van der Waals surface area contributed by atoms with Gasteiger partial charge in [0.2, 0.25) is 0 Å². The van der Waals surface area contributed by atoms with E-state index in [1.165, 1.54) is 8.96 Å². The first kappa shape index (κ1) is 22.0. The van der Waals surface area contributed by atoms with Crippen LogP contribution in [0.25, 0.3) is 5.57 Å². The second-order valence-electron chi connectivity index (χ2n) is 8.11. The first-order valence-corrected chi connectivity index (χ1v) is 12.2. The molecule has 7 heteroatoms. The maximum Gasteiger partial charge on any atom is 0.737 e. The SMILES string of the molecule is CCC1=C(C)C2=C(c3cc(I)ccc3Br)c3c(C)c(CC)c(C)n3[B-](F)(F)[N+]2=C1C. The zero-order valence-electron chi connectivity index (χ0n) is 18.1. The molecule has 0 spiro atoms. The molecule has 30 heavy (non-hydrogen) atoms. The lowest BCUT2D eigenvalue weighted by atomic mass is 9.83. The van der Waals surface area contributed by atoms with Crippen molar-refractivity contribution in [3.8, 4) is 0 Å². The summed E-state index contributed by atoms with van der Waals surface area (Å²) >= 11 is 6.00. The van der Waals surface area contributed by atoms with E-state index in [0.29, 0.717) is 22.8 Å². The molecule has 0 atom stereocenters. The van der Waals surface area contributed by atoms with Gasteiger partial charge in [0, 0.05) is 37.4 Å². The zero-order valence-corrected chi connectivity index (χ0v) is 21.9. The summed E-state index contributed by atoms with van der Waals surface area (Å²) in [4.78, 5) is 0. The molecular formula is C23H25BBrF2IN2. The van der Waals surface area contributed by atoms with Crippen LogP contribution in [-0.2, 0) is 6.42 Å². The number of halogens is 4. The monoisotopic (exact) mass is 584 g/mol. The minimum atomic E-state index is -3.98. The van der Waals surface area contributed by atoms with Gasteiger partial charge >= 0.3 is 6.97 Å². The number of benzene rings is 1. The van der Waals surface area contributed by atoms with E-state index in [1.54, 1.807) is 0 Å². The molecule has 0 saturated carbocycles. The van der Waals surface area contributed by atoms with Crippen molar-refractivity contribution in [2.24, 2.45) is 0 Å². The Labute approximate surface area is 199 Å². The van der Waals surface area contributed by atoms with Crippen LogP contribution in [0.15, 0.2) is 39.5 Å². The van der Waals surface area contributed by atoms with Crippen LogP contribution in [0.3, 0.4) is 0 Å². The van der Waals surface area contributed by atoms with E-state index in [0.717, 1.165) is 54.3 Å². The molecule has 2 nitrogen and oxygen atoms in total. The number of fused-ring (bicyclic) bond motifs is 2. The predicted octanol–water partition coefficient (Wildman–Crippen LogP) is 7.24. The normalized spacial score (nSPS) is 17.8. The molecule has 0 N–H and O–H groups in total. The molecule has 2 aliphatic heterocycles. The Morgan fingerprint density at radius 3 is 2.37 bits per heavy atom. The van der Waals surface area contributed by atoms with Crippen LogP contribution in [0.4, 0.5) is 8.63 Å². The highest BCUT2D eigenvalue weighted by Crippen LogP contribution is 2.48. The summed E-state index contributed by atoms with van der Waals surface area (Å²) in [6.45, 7) is 7.76. The van der Waals surface area contributed by atoms with Gasteiger partial charge in [0.15, 0.2) is 5.70 Å². The van der Waals surface area contributed by atoms with Crippen molar-refractivity contribution < 1.29 is 13.1 Å². The largest absolute Gasteiger partial charge is 0.737 e. The van der Waals surface area contributed by atoms with Crippen molar-refractivity contribution in [1.29, 1.82) is 0 Å².